The van der Waals surface area contributed by atoms with Crippen LogP contribution in [0.5, 0.6) is 0 Å². The largest absolute Gasteiger partial charge is 0.172 e. The first-order valence-corrected chi connectivity index (χ1v) is 50.4. The molecule has 15 aromatic rings. The van der Waals surface area contributed by atoms with E-state index >= 15 is 0 Å². The molecule has 0 fully saturated rings. The van der Waals surface area contributed by atoms with Gasteiger partial charge >= 0.3 is 0 Å². The Bertz CT molecular complexity index is 5320. The highest BCUT2D eigenvalue weighted by Gasteiger charge is 2.53. The maximum atomic E-state index is 5.30. The Balaban J connectivity index is 0.863. The number of aryl methyl sites for hydroxylation is 6. The van der Waals surface area contributed by atoms with Crippen molar-refractivity contribution in [3.63, 3.8) is 0 Å². The second-order valence-corrected chi connectivity index (χ2v) is 40.6. The minimum Gasteiger partial charge on any atom is -0.172 e. The minimum atomic E-state index is -0.694. The molecule has 0 N–H and O–H groups in total. The van der Waals surface area contributed by atoms with E-state index in [9.17, 15) is 0 Å². The van der Waals surface area contributed by atoms with Crippen LogP contribution in [0.1, 0.15) is 272 Å². The molecule has 0 aliphatic heterocycles. The lowest BCUT2D eigenvalue weighted by Gasteiger charge is -2.36. The fourth-order valence-electron chi connectivity index (χ4n) is 18.7. The van der Waals surface area contributed by atoms with Crippen molar-refractivity contribution in [2.24, 2.45) is 0 Å². The molecule has 7 aromatic carbocycles. The predicted molar refractivity (Wildman–Crippen MR) is 510 cm³/mol. The summed E-state index contributed by atoms with van der Waals surface area (Å²) < 4.78 is 21.0. The number of rotatable bonds is 40. The number of nitrogens with zero attached hydrogens (tertiary/aromatic N) is 4. The molecule has 2 aliphatic carbocycles. The van der Waals surface area contributed by atoms with E-state index in [4.69, 9.17) is 17.5 Å². The molecule has 2 aliphatic rings. The number of unbranched alkanes of at least 4 members (excludes halogenated alkanes) is 18. The number of hydrogen-bond acceptors (Lipinski definition) is 12. The van der Waals surface area contributed by atoms with E-state index in [0.717, 1.165) is 82.8 Å². The molecule has 0 saturated heterocycles. The van der Waals surface area contributed by atoms with E-state index in [-0.39, 0.29) is 0 Å². The number of fused-ring (bicyclic) bond motifs is 8. The van der Waals surface area contributed by atoms with E-state index in [0.29, 0.717) is 0 Å². The highest BCUT2D eigenvalue weighted by Crippen LogP contribution is 2.67. The Hall–Kier alpha value is -7.62. The fourth-order valence-corrected chi connectivity index (χ4v) is 26.7. The van der Waals surface area contributed by atoms with Gasteiger partial charge in [-0.2, -0.15) is 17.5 Å². The van der Waals surface area contributed by atoms with Crippen LogP contribution in [0.15, 0.2) is 194 Å². The zero-order valence-electron chi connectivity index (χ0n) is 68.7. The van der Waals surface area contributed by atoms with E-state index in [1.807, 2.05) is 68.0 Å². The molecule has 116 heavy (non-hydrogen) atoms. The third-order valence-corrected chi connectivity index (χ3v) is 33.4. The lowest BCUT2D eigenvalue weighted by atomic mass is 9.65. The van der Waals surface area contributed by atoms with Crippen LogP contribution in [0.25, 0.3) is 104 Å². The molecule has 8 heterocycles. The molecule has 8 aromatic heterocycles. The quantitative estimate of drug-likeness (QED) is 0.0359. The average molecular weight is 1670 g/mol. The van der Waals surface area contributed by atoms with Crippen LogP contribution in [0.4, 0.5) is 0 Å². The molecule has 0 spiro atoms. The van der Waals surface area contributed by atoms with Crippen molar-refractivity contribution >= 4 is 114 Å². The summed E-state index contributed by atoms with van der Waals surface area (Å²) in [6, 6.07) is 79.0. The number of hydrogen-bond donors (Lipinski definition) is 0. The number of benzene rings is 7. The third kappa shape index (κ3) is 16.2. The Kier molecular flexibility index (Phi) is 26.0. The van der Waals surface area contributed by atoms with Crippen LogP contribution in [0, 0.1) is 0 Å². The Morgan fingerprint density at radius 2 is 0.483 bits per heavy atom. The van der Waals surface area contributed by atoms with Crippen LogP contribution in [0.3, 0.4) is 0 Å². The topological polar surface area (TPSA) is 51.6 Å². The first-order valence-electron chi connectivity index (χ1n) is 44.0. The first-order chi connectivity index (χ1) is 57.2. The van der Waals surface area contributed by atoms with E-state index in [2.05, 4.69) is 236 Å². The molecular weight excluding hydrogens is 1560 g/mol. The second-order valence-electron chi connectivity index (χ2n) is 32.9. The van der Waals surface area contributed by atoms with Crippen molar-refractivity contribution in [3.05, 3.63) is 271 Å². The van der Waals surface area contributed by atoms with E-state index in [1.54, 1.807) is 0 Å². The van der Waals surface area contributed by atoms with Crippen molar-refractivity contribution in [1.82, 2.24) is 17.5 Å². The van der Waals surface area contributed by atoms with Gasteiger partial charge in [0.1, 0.15) is 22.1 Å². The van der Waals surface area contributed by atoms with Gasteiger partial charge in [-0.15, -0.1) is 68.0 Å². The van der Waals surface area contributed by atoms with Crippen LogP contribution in [0.2, 0.25) is 0 Å². The third-order valence-electron chi connectivity index (χ3n) is 25.0. The highest BCUT2D eigenvalue weighted by molar-refractivity contribution is 7.25. The zero-order valence-corrected chi connectivity index (χ0v) is 75.3. The summed E-state index contributed by atoms with van der Waals surface area (Å²) in [5, 5.41) is 0. The lowest BCUT2D eigenvalue weighted by Crippen LogP contribution is -2.30. The van der Waals surface area contributed by atoms with Crippen LogP contribution in [-0.4, -0.2) is 17.5 Å². The Morgan fingerprint density at radius 3 is 0.784 bits per heavy atom. The van der Waals surface area contributed by atoms with Gasteiger partial charge in [-0.1, -0.05) is 278 Å². The van der Waals surface area contributed by atoms with Crippen molar-refractivity contribution in [3.8, 4) is 82.2 Å². The lowest BCUT2D eigenvalue weighted by molar-refractivity contribution is 0.666. The van der Waals surface area contributed by atoms with Crippen LogP contribution in [-0.2, 0) is 49.4 Å². The molecule has 0 unspecified atom stereocenters. The average Bonchev–Trinajstić information content (AvgIpc) is 1.50. The van der Waals surface area contributed by atoms with Crippen LogP contribution < -0.4 is 0 Å². The molecule has 0 amide bonds. The smallest absolute Gasteiger partial charge is 0.114 e. The summed E-state index contributed by atoms with van der Waals surface area (Å²) in [5.74, 6) is 0. The summed E-state index contributed by atoms with van der Waals surface area (Å²) in [4.78, 5) is 15.9. The summed E-state index contributed by atoms with van der Waals surface area (Å²) in [7, 11) is 0. The molecule has 4 nitrogen and oxygen atoms in total. The standard InChI is InChI=1S/C104H110N4S8/c1-7-13-19-25-31-69-37-45-73(46-38-69)103(74-47-39-70(40-48-74)32-26-20-14-8-2)85-65-84-86(66-83(85)101-87(103)67-95(113-101)81-57-55-79(97-99(81)107-115-105-97)89-61-63-93(111-89)91-59-53-77(109-91)35-29-23-17-11-5)104(75-49-41-71(42-50-75)33-27-21-15-9-3,76-51-43-72(44-52-76)34-28-22-16-10-4)88-68-96(114-102(84)88)82-58-56-80(98-100(82)108-116-106-98)90-62-64-94(112-90)92-60-54-78(110-92)36-30-24-18-12-6/h37-68H,7-36H2,1-6H3. The van der Waals surface area contributed by atoms with Crippen molar-refractivity contribution in [1.29, 1.82) is 0 Å². The van der Waals surface area contributed by atoms with Gasteiger partial charge in [0.05, 0.1) is 34.3 Å². The molecule has 0 radical (unpaired) electrons. The number of aromatic nitrogens is 4. The molecular formula is C104H110N4S8. The monoisotopic (exact) mass is 1670 g/mol. The SMILES string of the molecule is CCCCCCc1ccc(C2(c3ccc(CCCCCC)cc3)c3cc4c(cc3-c3sc(-c5ccc(-c6ccc(-c7ccc(CCCCCC)s7)s6)c6nsnc56)cc32)C(c2ccc(CCCCCC)cc2)(c2ccc(CCCCCC)cc2)c2cc(-c3ccc(-c5ccc(-c6ccc(CCCCCC)s6)s5)c5nsnc35)sc2-4)cc1. The van der Waals surface area contributed by atoms with Gasteiger partial charge in [-0.3, -0.25) is 0 Å². The van der Waals surface area contributed by atoms with Gasteiger partial charge in [-0.05, 0) is 228 Å². The first kappa shape index (κ1) is 80.8. The Labute approximate surface area is 722 Å². The molecule has 0 atom stereocenters. The molecule has 12 heteroatoms. The molecule has 0 bridgehead atoms. The van der Waals surface area contributed by atoms with Crippen molar-refractivity contribution in [2.75, 3.05) is 0 Å². The van der Waals surface area contributed by atoms with E-state index in [1.165, 1.54) is 314 Å². The zero-order chi connectivity index (χ0) is 79.0. The maximum absolute atomic E-state index is 5.30. The van der Waals surface area contributed by atoms with Gasteiger partial charge in [0.25, 0.3) is 0 Å². The predicted octanol–water partition coefficient (Wildman–Crippen LogP) is 33.5. The summed E-state index contributed by atoms with van der Waals surface area (Å²) in [6.07, 6.45) is 36.7. The van der Waals surface area contributed by atoms with Crippen molar-refractivity contribution < 1.29 is 0 Å². The molecule has 17 rings (SSSR count). The van der Waals surface area contributed by atoms with Crippen LogP contribution >= 0.6 is 91.5 Å². The molecule has 0 saturated carbocycles. The highest BCUT2D eigenvalue weighted by atomic mass is 32.1. The van der Waals surface area contributed by atoms with E-state index < -0.39 is 10.8 Å². The van der Waals surface area contributed by atoms with Gasteiger partial charge in [0.2, 0.25) is 0 Å². The van der Waals surface area contributed by atoms with Gasteiger partial charge in [0.15, 0.2) is 0 Å². The maximum Gasteiger partial charge on any atom is 0.114 e. The van der Waals surface area contributed by atoms with Gasteiger partial charge < -0.3 is 0 Å². The summed E-state index contributed by atoms with van der Waals surface area (Å²) in [6.45, 7) is 13.9. The fraction of sp³-hybridized carbons (Fsp3) is 0.365. The summed E-state index contributed by atoms with van der Waals surface area (Å²) in [5.41, 5.74) is 26.0. The van der Waals surface area contributed by atoms with Gasteiger partial charge in [0, 0.05) is 80.8 Å². The van der Waals surface area contributed by atoms with Gasteiger partial charge in [-0.25, -0.2) is 0 Å². The number of thiophene rings is 6. The van der Waals surface area contributed by atoms with Crippen molar-refractivity contribution in [2.45, 2.75) is 245 Å². The Morgan fingerprint density at radius 1 is 0.216 bits per heavy atom. The normalized spacial score (nSPS) is 13.2. The molecule has 594 valence electrons. The minimum absolute atomic E-state index is 0.694. The summed E-state index contributed by atoms with van der Waals surface area (Å²) >= 11 is 14.3. The second kappa shape index (κ2) is 37.3.